The smallest absolute Gasteiger partial charge is 0.243 e. The minimum Gasteiger partial charge on any atom is -0.370 e. The van der Waals surface area contributed by atoms with Crippen molar-refractivity contribution in [3.05, 3.63) is 29.3 Å². The number of para-hydroxylation sites is 1. The Morgan fingerprint density at radius 1 is 1.50 bits per heavy atom. The lowest BCUT2D eigenvalue weighted by atomic mass is 9.68. The number of rotatable bonds is 3. The van der Waals surface area contributed by atoms with Crippen molar-refractivity contribution in [2.45, 2.75) is 25.3 Å². The largest absolute Gasteiger partial charge is 0.370 e. The number of benzene rings is 1. The van der Waals surface area contributed by atoms with Crippen molar-refractivity contribution in [1.29, 1.82) is 0 Å². The van der Waals surface area contributed by atoms with Gasteiger partial charge in [0.15, 0.2) is 0 Å². The summed E-state index contributed by atoms with van der Waals surface area (Å²) < 4.78 is 0. The summed E-state index contributed by atoms with van der Waals surface area (Å²) in [5, 5.41) is 3.80. The highest BCUT2D eigenvalue weighted by molar-refractivity contribution is 6.33. The van der Waals surface area contributed by atoms with Crippen LogP contribution in [0.15, 0.2) is 24.3 Å². The van der Waals surface area contributed by atoms with E-state index in [9.17, 15) is 4.79 Å². The molecule has 3 nitrogen and oxygen atoms in total. The molecule has 1 amide bonds. The van der Waals surface area contributed by atoms with E-state index in [2.05, 4.69) is 12.2 Å². The Hall–Kier alpha value is -1.22. The fourth-order valence-electron chi connectivity index (χ4n) is 2.32. The number of carbonyl (C=O) groups excluding carboxylic acids is 1. The second-order valence-electron chi connectivity index (χ2n) is 4.56. The van der Waals surface area contributed by atoms with Gasteiger partial charge in [-0.05, 0) is 30.9 Å². The molecule has 1 aromatic rings. The first kappa shape index (κ1) is 11.3. The van der Waals surface area contributed by atoms with E-state index in [-0.39, 0.29) is 5.91 Å². The highest BCUT2D eigenvalue weighted by Crippen LogP contribution is 2.41. The van der Waals surface area contributed by atoms with Gasteiger partial charge < -0.3 is 11.1 Å². The third-order valence-electron chi connectivity index (χ3n) is 3.11. The fraction of sp³-hybridized carbons (Fsp3) is 0.417. The number of primary amides is 1. The summed E-state index contributed by atoms with van der Waals surface area (Å²) in [5.74, 6) is 0.230. The molecule has 0 aliphatic heterocycles. The highest BCUT2D eigenvalue weighted by Gasteiger charge is 2.47. The van der Waals surface area contributed by atoms with Crippen molar-refractivity contribution in [2.75, 3.05) is 5.32 Å². The number of hydrogen-bond donors (Lipinski definition) is 2. The average Bonchev–Trinajstić information content (AvgIpc) is 2.18. The van der Waals surface area contributed by atoms with Gasteiger partial charge in [0.05, 0.1) is 10.7 Å². The summed E-state index contributed by atoms with van der Waals surface area (Å²) in [6.07, 6.45) is 1.54. The Bertz CT molecular complexity index is 413. The normalized spacial score (nSPS) is 28.2. The van der Waals surface area contributed by atoms with Gasteiger partial charge in [-0.3, -0.25) is 4.79 Å². The summed E-state index contributed by atoms with van der Waals surface area (Å²) in [4.78, 5) is 11.5. The second-order valence-corrected chi connectivity index (χ2v) is 4.97. The second kappa shape index (κ2) is 3.98. The van der Waals surface area contributed by atoms with Crippen molar-refractivity contribution < 1.29 is 4.79 Å². The van der Waals surface area contributed by atoms with Crippen LogP contribution >= 0.6 is 11.6 Å². The van der Waals surface area contributed by atoms with Gasteiger partial charge in [-0.15, -0.1) is 0 Å². The standard InChI is InChI=1S/C12H15ClN2O/c1-8-6-12(7-8,11(14)16)15-10-5-3-2-4-9(10)13/h2-5,8,15H,6-7H2,1H3,(H2,14,16). The molecule has 1 aromatic carbocycles. The van der Waals surface area contributed by atoms with Crippen LogP contribution in [0, 0.1) is 5.92 Å². The maximum absolute atomic E-state index is 11.5. The molecular formula is C12H15ClN2O. The van der Waals surface area contributed by atoms with Crippen molar-refractivity contribution in [3.8, 4) is 0 Å². The van der Waals surface area contributed by atoms with E-state index in [1.807, 2.05) is 18.2 Å². The number of hydrogen-bond acceptors (Lipinski definition) is 2. The number of halogens is 1. The van der Waals surface area contributed by atoms with E-state index in [0.29, 0.717) is 10.9 Å². The topological polar surface area (TPSA) is 55.1 Å². The molecule has 4 heteroatoms. The molecule has 0 aromatic heterocycles. The number of nitrogens with one attached hydrogen (secondary N) is 1. The van der Waals surface area contributed by atoms with Gasteiger partial charge >= 0.3 is 0 Å². The Labute approximate surface area is 100.0 Å². The SMILES string of the molecule is CC1CC(Nc2ccccc2Cl)(C(N)=O)C1. The Morgan fingerprint density at radius 2 is 2.12 bits per heavy atom. The predicted molar refractivity (Wildman–Crippen MR) is 65.4 cm³/mol. The molecule has 16 heavy (non-hydrogen) atoms. The minimum atomic E-state index is -0.607. The summed E-state index contributed by atoms with van der Waals surface area (Å²) >= 11 is 6.04. The molecule has 1 fully saturated rings. The van der Waals surface area contributed by atoms with Crippen LogP contribution in [-0.2, 0) is 4.79 Å². The van der Waals surface area contributed by atoms with Crippen LogP contribution < -0.4 is 11.1 Å². The molecule has 0 atom stereocenters. The van der Waals surface area contributed by atoms with Crippen LogP contribution in [0.25, 0.3) is 0 Å². The fourth-order valence-corrected chi connectivity index (χ4v) is 2.50. The van der Waals surface area contributed by atoms with Gasteiger partial charge in [-0.2, -0.15) is 0 Å². The third kappa shape index (κ3) is 1.87. The van der Waals surface area contributed by atoms with Crippen molar-refractivity contribution >= 4 is 23.2 Å². The van der Waals surface area contributed by atoms with Gasteiger partial charge in [0, 0.05) is 0 Å². The summed E-state index contributed by atoms with van der Waals surface area (Å²) in [7, 11) is 0. The van der Waals surface area contributed by atoms with Crippen LogP contribution in [0.1, 0.15) is 19.8 Å². The number of nitrogens with two attached hydrogens (primary N) is 1. The quantitative estimate of drug-likeness (QED) is 0.850. The van der Waals surface area contributed by atoms with Crippen LogP contribution in [-0.4, -0.2) is 11.4 Å². The molecule has 0 unspecified atom stereocenters. The summed E-state index contributed by atoms with van der Waals surface area (Å²) in [6.45, 7) is 2.11. The van der Waals surface area contributed by atoms with E-state index >= 15 is 0 Å². The van der Waals surface area contributed by atoms with E-state index in [0.717, 1.165) is 18.5 Å². The van der Waals surface area contributed by atoms with Gasteiger partial charge in [0.2, 0.25) is 5.91 Å². The Morgan fingerprint density at radius 3 is 2.62 bits per heavy atom. The third-order valence-corrected chi connectivity index (χ3v) is 3.44. The van der Waals surface area contributed by atoms with Gasteiger partial charge in [0.1, 0.15) is 5.54 Å². The molecule has 0 heterocycles. The monoisotopic (exact) mass is 238 g/mol. The van der Waals surface area contributed by atoms with Gasteiger partial charge in [-0.25, -0.2) is 0 Å². The zero-order chi connectivity index (χ0) is 11.8. The maximum Gasteiger partial charge on any atom is 0.243 e. The molecule has 0 spiro atoms. The molecule has 1 aliphatic rings. The molecule has 0 radical (unpaired) electrons. The van der Waals surface area contributed by atoms with Crippen LogP contribution in [0.2, 0.25) is 5.02 Å². The van der Waals surface area contributed by atoms with E-state index < -0.39 is 5.54 Å². The van der Waals surface area contributed by atoms with Crippen molar-refractivity contribution in [1.82, 2.24) is 0 Å². The first-order valence-corrected chi connectivity index (χ1v) is 5.74. The zero-order valence-electron chi connectivity index (χ0n) is 9.16. The molecule has 3 N–H and O–H groups in total. The lowest BCUT2D eigenvalue weighted by molar-refractivity contribution is -0.126. The average molecular weight is 239 g/mol. The van der Waals surface area contributed by atoms with Gasteiger partial charge in [0.25, 0.3) is 0 Å². The minimum absolute atomic E-state index is 0.300. The maximum atomic E-state index is 11.5. The number of carbonyl (C=O) groups is 1. The first-order chi connectivity index (χ1) is 7.53. The number of amides is 1. The summed E-state index contributed by atoms with van der Waals surface area (Å²) in [5.41, 5.74) is 5.61. The number of anilines is 1. The molecule has 1 aliphatic carbocycles. The molecule has 0 saturated heterocycles. The molecule has 0 bridgehead atoms. The predicted octanol–water partition coefficient (Wildman–Crippen LogP) is 2.41. The van der Waals surface area contributed by atoms with E-state index in [1.165, 1.54) is 0 Å². The van der Waals surface area contributed by atoms with Crippen LogP contribution in [0.4, 0.5) is 5.69 Å². The lowest BCUT2D eigenvalue weighted by Crippen LogP contribution is -2.58. The van der Waals surface area contributed by atoms with Crippen molar-refractivity contribution in [2.24, 2.45) is 11.7 Å². The van der Waals surface area contributed by atoms with Gasteiger partial charge in [-0.1, -0.05) is 30.7 Å². The summed E-state index contributed by atoms with van der Waals surface area (Å²) in [6, 6.07) is 7.38. The van der Waals surface area contributed by atoms with E-state index in [1.54, 1.807) is 6.07 Å². The Kier molecular flexibility index (Phi) is 2.80. The molecule has 1 saturated carbocycles. The molecular weight excluding hydrogens is 224 g/mol. The molecule has 86 valence electrons. The molecule has 2 rings (SSSR count). The zero-order valence-corrected chi connectivity index (χ0v) is 9.92. The lowest BCUT2D eigenvalue weighted by Gasteiger charge is -2.45. The van der Waals surface area contributed by atoms with Crippen LogP contribution in [0.5, 0.6) is 0 Å². The van der Waals surface area contributed by atoms with E-state index in [4.69, 9.17) is 17.3 Å². The van der Waals surface area contributed by atoms with Crippen molar-refractivity contribution in [3.63, 3.8) is 0 Å². The Balaban J connectivity index is 2.20. The van der Waals surface area contributed by atoms with Crippen LogP contribution in [0.3, 0.4) is 0 Å². The first-order valence-electron chi connectivity index (χ1n) is 5.36. The highest BCUT2D eigenvalue weighted by atomic mass is 35.5.